The molecule has 140 valence electrons. The lowest BCUT2D eigenvalue weighted by atomic mass is 10.1. The second kappa shape index (κ2) is 8.70. The lowest BCUT2D eigenvalue weighted by Crippen LogP contribution is -2.01. The van der Waals surface area contributed by atoms with E-state index < -0.39 is 0 Å². The van der Waals surface area contributed by atoms with E-state index in [9.17, 15) is 0 Å². The summed E-state index contributed by atoms with van der Waals surface area (Å²) in [5, 5.41) is 13.2. The summed E-state index contributed by atoms with van der Waals surface area (Å²) in [6.45, 7) is 0.112. The number of nitrogens with zero attached hydrogens (tertiary/aromatic N) is 2. The first-order valence-corrected chi connectivity index (χ1v) is 9.22. The van der Waals surface area contributed by atoms with Gasteiger partial charge in [-0.25, -0.2) is 0 Å². The van der Waals surface area contributed by atoms with E-state index in [4.69, 9.17) is 21.7 Å². The van der Waals surface area contributed by atoms with Crippen molar-refractivity contribution in [2.75, 3.05) is 11.9 Å². The molecule has 3 aromatic rings. The molecule has 4 rings (SSSR count). The molecule has 0 saturated heterocycles. The lowest BCUT2D eigenvalue weighted by Gasteiger charge is -2.14. The van der Waals surface area contributed by atoms with Crippen LogP contribution in [0.25, 0.3) is 11.3 Å². The van der Waals surface area contributed by atoms with Gasteiger partial charge in [-0.15, -0.1) is 12.4 Å². The van der Waals surface area contributed by atoms with Crippen LogP contribution in [0.5, 0.6) is 0 Å². The van der Waals surface area contributed by atoms with Gasteiger partial charge in [0, 0.05) is 40.7 Å². The van der Waals surface area contributed by atoms with Crippen LogP contribution < -0.4 is 5.32 Å². The Morgan fingerprint density at radius 1 is 1.11 bits per heavy atom. The summed E-state index contributed by atoms with van der Waals surface area (Å²) in [5.41, 5.74) is 7.30. The topological polar surface area (TPSA) is 58.0 Å². The highest BCUT2D eigenvalue weighted by molar-refractivity contribution is 6.30. The van der Waals surface area contributed by atoms with Crippen LogP contribution >= 0.6 is 24.0 Å². The number of hydrogen-bond acceptors (Lipinski definition) is 4. The number of aliphatic hydroxyl groups excluding tert-OH is 1. The first-order chi connectivity index (χ1) is 12.7. The van der Waals surface area contributed by atoms with Gasteiger partial charge >= 0.3 is 0 Å². The number of benzene rings is 1. The number of halogens is 2. The largest absolute Gasteiger partial charge is 0.396 e. The Morgan fingerprint density at radius 2 is 2.00 bits per heavy atom. The third kappa shape index (κ3) is 4.41. The average molecular weight is 402 g/mol. The highest BCUT2D eigenvalue weighted by atomic mass is 35.5. The van der Waals surface area contributed by atoms with E-state index >= 15 is 0 Å². The van der Waals surface area contributed by atoms with Gasteiger partial charge in [-0.3, -0.25) is 9.97 Å². The standard InChI is InChI=1S/C21H20ClN3O.ClH/c22-15-4-1-3-14(11-15)20-12-21(18-5-2-6-19(18)25-20)24-17-8-7-16(9-10-26)23-13-17;/h1,3-4,7-8,11-13,26H,2,5-6,9-10H2,(H,24,25);1H. The molecule has 1 aliphatic rings. The maximum absolute atomic E-state index is 9.02. The first kappa shape index (κ1) is 19.6. The third-order valence-electron chi connectivity index (χ3n) is 4.64. The fraction of sp³-hybridized carbons (Fsp3) is 0.238. The van der Waals surface area contributed by atoms with Crippen LogP contribution in [0.2, 0.25) is 5.02 Å². The van der Waals surface area contributed by atoms with Crippen molar-refractivity contribution in [1.82, 2.24) is 9.97 Å². The van der Waals surface area contributed by atoms with Gasteiger partial charge in [0.2, 0.25) is 0 Å². The normalized spacial score (nSPS) is 12.4. The Balaban J connectivity index is 0.00000210. The van der Waals surface area contributed by atoms with Crippen LogP contribution in [0.1, 0.15) is 23.4 Å². The molecule has 2 heterocycles. The maximum atomic E-state index is 9.02. The summed E-state index contributed by atoms with van der Waals surface area (Å²) in [4.78, 5) is 9.26. The zero-order chi connectivity index (χ0) is 17.9. The minimum Gasteiger partial charge on any atom is -0.396 e. The summed E-state index contributed by atoms with van der Waals surface area (Å²) < 4.78 is 0. The Hall–Kier alpha value is -2.14. The molecular formula is C21H21Cl2N3O. The number of hydrogen-bond donors (Lipinski definition) is 2. The molecular weight excluding hydrogens is 381 g/mol. The molecule has 0 atom stereocenters. The number of pyridine rings is 2. The number of fused-ring (bicyclic) bond motifs is 1. The van der Waals surface area contributed by atoms with Crippen molar-refractivity contribution in [3.05, 3.63) is 70.6 Å². The summed E-state index contributed by atoms with van der Waals surface area (Å²) in [5.74, 6) is 0. The minimum absolute atomic E-state index is 0. The van der Waals surface area contributed by atoms with Gasteiger partial charge in [-0.05, 0) is 55.2 Å². The SMILES string of the molecule is Cl.OCCc1ccc(Nc2cc(-c3cccc(Cl)c3)nc3c2CCC3)cn1. The lowest BCUT2D eigenvalue weighted by molar-refractivity contribution is 0.298. The van der Waals surface area contributed by atoms with Gasteiger partial charge in [0.25, 0.3) is 0 Å². The maximum Gasteiger partial charge on any atom is 0.0726 e. The van der Waals surface area contributed by atoms with Gasteiger partial charge in [0.1, 0.15) is 0 Å². The molecule has 27 heavy (non-hydrogen) atoms. The van der Waals surface area contributed by atoms with Crippen molar-refractivity contribution in [1.29, 1.82) is 0 Å². The molecule has 1 aromatic carbocycles. The second-order valence-corrected chi connectivity index (χ2v) is 6.92. The molecule has 2 aromatic heterocycles. The molecule has 0 saturated carbocycles. The van der Waals surface area contributed by atoms with Gasteiger partial charge < -0.3 is 10.4 Å². The van der Waals surface area contributed by atoms with Crippen molar-refractivity contribution in [2.45, 2.75) is 25.7 Å². The van der Waals surface area contributed by atoms with E-state index in [2.05, 4.69) is 16.4 Å². The molecule has 0 spiro atoms. The minimum atomic E-state index is 0. The van der Waals surface area contributed by atoms with Crippen molar-refractivity contribution >= 4 is 35.4 Å². The Bertz CT molecular complexity index is 929. The zero-order valence-electron chi connectivity index (χ0n) is 14.8. The van der Waals surface area contributed by atoms with Crippen molar-refractivity contribution in [3.8, 4) is 11.3 Å². The van der Waals surface area contributed by atoms with E-state index in [0.717, 1.165) is 53.3 Å². The summed E-state index contributed by atoms with van der Waals surface area (Å²) in [6, 6.07) is 13.8. The fourth-order valence-corrected chi connectivity index (χ4v) is 3.56. The van der Waals surface area contributed by atoms with E-state index in [-0.39, 0.29) is 19.0 Å². The molecule has 6 heteroatoms. The number of aliphatic hydroxyl groups is 1. The van der Waals surface area contributed by atoms with Crippen LogP contribution in [-0.4, -0.2) is 21.7 Å². The number of nitrogens with one attached hydrogen (secondary N) is 1. The van der Waals surface area contributed by atoms with E-state index in [0.29, 0.717) is 11.4 Å². The second-order valence-electron chi connectivity index (χ2n) is 6.48. The number of anilines is 2. The van der Waals surface area contributed by atoms with Gasteiger partial charge in [-0.2, -0.15) is 0 Å². The highest BCUT2D eigenvalue weighted by Gasteiger charge is 2.19. The highest BCUT2D eigenvalue weighted by Crippen LogP contribution is 2.34. The van der Waals surface area contributed by atoms with Crippen molar-refractivity contribution in [2.24, 2.45) is 0 Å². The summed E-state index contributed by atoms with van der Waals surface area (Å²) in [6.07, 6.45) is 5.56. The Labute approximate surface area is 170 Å². The van der Waals surface area contributed by atoms with E-state index in [1.54, 1.807) is 0 Å². The van der Waals surface area contributed by atoms with Gasteiger partial charge in [0.15, 0.2) is 0 Å². The predicted molar refractivity (Wildman–Crippen MR) is 112 cm³/mol. The Kier molecular flexibility index (Phi) is 6.32. The molecule has 2 N–H and O–H groups in total. The molecule has 0 unspecified atom stereocenters. The molecule has 0 fully saturated rings. The van der Waals surface area contributed by atoms with E-state index in [1.807, 2.05) is 42.6 Å². The van der Waals surface area contributed by atoms with Crippen molar-refractivity contribution in [3.63, 3.8) is 0 Å². The van der Waals surface area contributed by atoms with Crippen molar-refractivity contribution < 1.29 is 5.11 Å². The molecule has 0 bridgehead atoms. The van der Waals surface area contributed by atoms with Gasteiger partial charge in [0.05, 0.1) is 17.6 Å². The molecule has 0 aliphatic heterocycles. The number of rotatable bonds is 5. The van der Waals surface area contributed by atoms with Crippen LogP contribution in [0, 0.1) is 0 Å². The van der Waals surface area contributed by atoms with Crippen LogP contribution in [0.3, 0.4) is 0 Å². The number of aromatic nitrogens is 2. The molecule has 4 nitrogen and oxygen atoms in total. The molecule has 0 radical (unpaired) electrons. The predicted octanol–water partition coefficient (Wildman–Crippen LogP) is 4.99. The fourth-order valence-electron chi connectivity index (χ4n) is 3.37. The van der Waals surface area contributed by atoms with Crippen LogP contribution in [0.4, 0.5) is 11.4 Å². The van der Waals surface area contributed by atoms with Crippen LogP contribution in [-0.2, 0) is 19.3 Å². The number of aryl methyl sites for hydroxylation is 1. The van der Waals surface area contributed by atoms with Crippen LogP contribution in [0.15, 0.2) is 48.7 Å². The monoisotopic (exact) mass is 401 g/mol. The molecule has 1 aliphatic carbocycles. The average Bonchev–Trinajstić information content (AvgIpc) is 3.12. The molecule has 0 amide bonds. The summed E-state index contributed by atoms with van der Waals surface area (Å²) in [7, 11) is 0. The van der Waals surface area contributed by atoms with E-state index in [1.165, 1.54) is 5.56 Å². The quantitative estimate of drug-likeness (QED) is 0.632. The summed E-state index contributed by atoms with van der Waals surface area (Å²) >= 11 is 6.15. The third-order valence-corrected chi connectivity index (χ3v) is 4.88. The van der Waals surface area contributed by atoms with Gasteiger partial charge in [-0.1, -0.05) is 23.7 Å². The first-order valence-electron chi connectivity index (χ1n) is 8.84. The Morgan fingerprint density at radius 3 is 2.74 bits per heavy atom. The smallest absolute Gasteiger partial charge is 0.0726 e. The zero-order valence-corrected chi connectivity index (χ0v) is 16.4.